The zero-order chi connectivity index (χ0) is 12.4. The van der Waals surface area contributed by atoms with Crippen molar-refractivity contribution in [2.24, 2.45) is 0 Å². The molecule has 1 amide bonds. The van der Waals surface area contributed by atoms with E-state index in [4.69, 9.17) is 11.6 Å². The van der Waals surface area contributed by atoms with Crippen molar-refractivity contribution in [3.63, 3.8) is 0 Å². The molecule has 17 heavy (non-hydrogen) atoms. The first kappa shape index (κ1) is 13.0. The Kier molecular flexibility index (Phi) is 4.19. The van der Waals surface area contributed by atoms with E-state index >= 15 is 0 Å². The van der Waals surface area contributed by atoms with Gasteiger partial charge in [-0.05, 0) is 50.1 Å². The molecule has 7 heteroatoms. The van der Waals surface area contributed by atoms with Crippen LogP contribution in [0.5, 0.6) is 0 Å². The Hall–Kier alpha value is -0.430. The molecule has 0 saturated heterocycles. The van der Waals surface area contributed by atoms with Gasteiger partial charge in [-0.25, -0.2) is 4.98 Å². The molecular formula is C10H5Br2ClN2OS. The van der Waals surface area contributed by atoms with Crippen molar-refractivity contribution in [1.82, 2.24) is 4.98 Å². The second-order valence-corrected chi connectivity index (χ2v) is 6.73. The fraction of sp³-hybridized carbons (Fsp3) is 0. The average Bonchev–Trinajstić information content (AvgIpc) is 2.70. The first-order chi connectivity index (χ1) is 8.06. The standard InChI is InChI=1S/C10H5Br2ClN2OS/c11-6-3-5(4-14-9(6)13)15-10(16)7-1-2-8(12)17-7/h1-4H,(H,15,16). The van der Waals surface area contributed by atoms with Crippen LogP contribution in [-0.2, 0) is 0 Å². The molecule has 2 aromatic heterocycles. The molecule has 0 fully saturated rings. The molecule has 0 atom stereocenters. The van der Waals surface area contributed by atoms with E-state index in [2.05, 4.69) is 42.2 Å². The number of nitrogens with one attached hydrogen (secondary N) is 1. The predicted octanol–water partition coefficient (Wildman–Crippen LogP) is 4.57. The van der Waals surface area contributed by atoms with Crippen LogP contribution in [0.15, 0.2) is 32.7 Å². The maximum atomic E-state index is 11.8. The number of hydrogen-bond acceptors (Lipinski definition) is 3. The Morgan fingerprint density at radius 1 is 1.41 bits per heavy atom. The molecule has 3 nitrogen and oxygen atoms in total. The minimum absolute atomic E-state index is 0.170. The van der Waals surface area contributed by atoms with Gasteiger partial charge in [0, 0.05) is 0 Å². The average molecular weight is 396 g/mol. The highest BCUT2D eigenvalue weighted by atomic mass is 79.9. The van der Waals surface area contributed by atoms with Gasteiger partial charge in [0.1, 0.15) is 5.15 Å². The molecule has 0 unspecified atom stereocenters. The summed E-state index contributed by atoms with van der Waals surface area (Å²) in [6, 6.07) is 5.29. The maximum Gasteiger partial charge on any atom is 0.265 e. The molecule has 0 saturated carbocycles. The summed E-state index contributed by atoms with van der Waals surface area (Å²) in [5.74, 6) is -0.170. The molecule has 0 radical (unpaired) electrons. The minimum Gasteiger partial charge on any atom is -0.320 e. The molecule has 0 aliphatic carbocycles. The molecule has 2 heterocycles. The summed E-state index contributed by atoms with van der Waals surface area (Å²) in [5.41, 5.74) is 0.593. The van der Waals surface area contributed by atoms with Crippen molar-refractivity contribution in [3.05, 3.63) is 42.7 Å². The van der Waals surface area contributed by atoms with Gasteiger partial charge in [0.15, 0.2) is 0 Å². The summed E-state index contributed by atoms with van der Waals surface area (Å²) < 4.78 is 1.56. The number of anilines is 1. The third-order valence-corrected chi connectivity index (χ3v) is 4.61. The molecule has 2 rings (SSSR count). The number of carbonyl (C=O) groups excluding carboxylic acids is 1. The highest BCUT2D eigenvalue weighted by Gasteiger charge is 2.09. The summed E-state index contributed by atoms with van der Waals surface area (Å²) in [6.45, 7) is 0. The lowest BCUT2D eigenvalue weighted by molar-refractivity contribution is 0.103. The van der Waals surface area contributed by atoms with E-state index in [9.17, 15) is 4.79 Å². The molecule has 0 aliphatic rings. The summed E-state index contributed by atoms with van der Waals surface area (Å²) in [4.78, 5) is 16.4. The second-order valence-electron chi connectivity index (χ2n) is 3.05. The maximum absolute atomic E-state index is 11.8. The second kappa shape index (κ2) is 5.48. The Labute approximate surface area is 123 Å². The number of amides is 1. The fourth-order valence-corrected chi connectivity index (χ4v) is 2.85. The minimum atomic E-state index is -0.170. The van der Waals surface area contributed by atoms with Crippen LogP contribution in [0.4, 0.5) is 5.69 Å². The Balaban J connectivity index is 2.15. The fourth-order valence-electron chi connectivity index (χ4n) is 1.12. The number of aromatic nitrogens is 1. The zero-order valence-electron chi connectivity index (χ0n) is 8.21. The summed E-state index contributed by atoms with van der Waals surface area (Å²) in [5, 5.41) is 3.10. The van der Waals surface area contributed by atoms with E-state index in [1.165, 1.54) is 17.5 Å². The molecule has 2 aromatic rings. The first-order valence-electron chi connectivity index (χ1n) is 4.44. The number of halogens is 3. The molecule has 0 aliphatic heterocycles. The van der Waals surface area contributed by atoms with Gasteiger partial charge < -0.3 is 5.32 Å². The van der Waals surface area contributed by atoms with Crippen LogP contribution in [-0.4, -0.2) is 10.9 Å². The van der Waals surface area contributed by atoms with Gasteiger partial charge in [-0.3, -0.25) is 4.79 Å². The molecule has 88 valence electrons. The Bertz CT molecular complexity index is 573. The number of thiophene rings is 1. The predicted molar refractivity (Wildman–Crippen MR) is 76.9 cm³/mol. The lowest BCUT2D eigenvalue weighted by Crippen LogP contribution is -2.10. The van der Waals surface area contributed by atoms with Crippen LogP contribution >= 0.6 is 54.8 Å². The largest absolute Gasteiger partial charge is 0.320 e. The number of nitrogens with zero attached hydrogens (tertiary/aromatic N) is 1. The van der Waals surface area contributed by atoms with Crippen molar-refractivity contribution in [3.8, 4) is 0 Å². The smallest absolute Gasteiger partial charge is 0.265 e. The topological polar surface area (TPSA) is 42.0 Å². The molecule has 1 N–H and O–H groups in total. The van der Waals surface area contributed by atoms with Gasteiger partial charge in [-0.2, -0.15) is 0 Å². The monoisotopic (exact) mass is 394 g/mol. The normalized spacial score (nSPS) is 10.3. The lowest BCUT2D eigenvalue weighted by atomic mass is 10.4. The summed E-state index contributed by atoms with van der Waals surface area (Å²) in [7, 11) is 0. The number of rotatable bonds is 2. The van der Waals surface area contributed by atoms with Crippen LogP contribution in [0.2, 0.25) is 5.15 Å². The van der Waals surface area contributed by atoms with Gasteiger partial charge in [-0.1, -0.05) is 11.6 Å². The van der Waals surface area contributed by atoms with Crippen LogP contribution < -0.4 is 5.32 Å². The zero-order valence-corrected chi connectivity index (χ0v) is 13.0. The van der Waals surface area contributed by atoms with Crippen LogP contribution in [0.25, 0.3) is 0 Å². The van der Waals surface area contributed by atoms with E-state index in [-0.39, 0.29) is 5.91 Å². The van der Waals surface area contributed by atoms with E-state index in [0.717, 1.165) is 3.79 Å². The van der Waals surface area contributed by atoms with E-state index in [0.29, 0.717) is 20.2 Å². The van der Waals surface area contributed by atoms with E-state index in [1.807, 2.05) is 6.07 Å². The van der Waals surface area contributed by atoms with Crippen LogP contribution in [0.1, 0.15) is 9.67 Å². The Morgan fingerprint density at radius 3 is 2.76 bits per heavy atom. The number of pyridine rings is 1. The van der Waals surface area contributed by atoms with Crippen molar-refractivity contribution in [2.75, 3.05) is 5.32 Å². The van der Waals surface area contributed by atoms with Crippen LogP contribution in [0, 0.1) is 0 Å². The number of hydrogen-bond donors (Lipinski definition) is 1. The highest BCUT2D eigenvalue weighted by Crippen LogP contribution is 2.25. The summed E-state index contributed by atoms with van der Waals surface area (Å²) >= 11 is 13.7. The lowest BCUT2D eigenvalue weighted by Gasteiger charge is -2.04. The van der Waals surface area contributed by atoms with Gasteiger partial charge in [0.05, 0.1) is 25.0 Å². The van der Waals surface area contributed by atoms with E-state index < -0.39 is 0 Å². The molecular weight excluding hydrogens is 391 g/mol. The van der Waals surface area contributed by atoms with Crippen LogP contribution in [0.3, 0.4) is 0 Å². The SMILES string of the molecule is O=C(Nc1cnc(Cl)c(Br)c1)c1ccc(Br)s1. The van der Waals surface area contributed by atoms with Crippen molar-refractivity contribution >= 4 is 66.4 Å². The van der Waals surface area contributed by atoms with E-state index in [1.54, 1.807) is 12.1 Å². The molecule has 0 aromatic carbocycles. The van der Waals surface area contributed by atoms with Crippen molar-refractivity contribution in [1.29, 1.82) is 0 Å². The van der Waals surface area contributed by atoms with Crippen molar-refractivity contribution in [2.45, 2.75) is 0 Å². The van der Waals surface area contributed by atoms with Gasteiger partial charge in [0.2, 0.25) is 0 Å². The molecule has 0 bridgehead atoms. The van der Waals surface area contributed by atoms with Gasteiger partial charge in [-0.15, -0.1) is 11.3 Å². The van der Waals surface area contributed by atoms with Gasteiger partial charge in [0.25, 0.3) is 5.91 Å². The highest BCUT2D eigenvalue weighted by molar-refractivity contribution is 9.11. The quantitative estimate of drug-likeness (QED) is 0.756. The Morgan fingerprint density at radius 2 is 2.18 bits per heavy atom. The third kappa shape index (κ3) is 3.28. The van der Waals surface area contributed by atoms with Crippen molar-refractivity contribution < 1.29 is 4.79 Å². The number of carbonyl (C=O) groups is 1. The third-order valence-electron chi connectivity index (χ3n) is 1.85. The molecule has 0 spiro atoms. The van der Waals surface area contributed by atoms with Gasteiger partial charge >= 0.3 is 0 Å². The summed E-state index contributed by atoms with van der Waals surface area (Å²) in [6.07, 6.45) is 1.51. The first-order valence-corrected chi connectivity index (χ1v) is 7.22.